The van der Waals surface area contributed by atoms with Gasteiger partial charge in [0.25, 0.3) is 0 Å². The zero-order valence-electron chi connectivity index (χ0n) is 12.7. The Morgan fingerprint density at radius 1 is 1.30 bits per heavy atom. The Morgan fingerprint density at radius 2 is 2.09 bits per heavy atom. The lowest BCUT2D eigenvalue weighted by atomic mass is 10.2. The van der Waals surface area contributed by atoms with Crippen molar-refractivity contribution in [1.82, 2.24) is 15.6 Å². The van der Waals surface area contributed by atoms with Gasteiger partial charge in [-0.3, -0.25) is 15.1 Å². The van der Waals surface area contributed by atoms with Crippen LogP contribution >= 0.6 is 12.2 Å². The first kappa shape index (κ1) is 16.6. The van der Waals surface area contributed by atoms with E-state index in [0.717, 1.165) is 16.9 Å². The van der Waals surface area contributed by atoms with E-state index in [1.807, 2.05) is 36.4 Å². The van der Waals surface area contributed by atoms with Crippen molar-refractivity contribution in [2.75, 3.05) is 7.11 Å². The molecule has 118 valence electrons. The lowest BCUT2D eigenvalue weighted by Gasteiger charge is -2.07. The van der Waals surface area contributed by atoms with Crippen molar-refractivity contribution in [3.63, 3.8) is 0 Å². The number of thiocarbonyl (C=S) groups is 1. The van der Waals surface area contributed by atoms with E-state index in [-0.39, 0.29) is 11.0 Å². The van der Waals surface area contributed by atoms with Crippen LogP contribution in [0.2, 0.25) is 0 Å². The predicted molar refractivity (Wildman–Crippen MR) is 93.8 cm³/mol. The average Bonchev–Trinajstić information content (AvgIpc) is 2.59. The fourth-order valence-electron chi connectivity index (χ4n) is 1.77. The molecule has 1 aromatic carbocycles. The summed E-state index contributed by atoms with van der Waals surface area (Å²) in [5.41, 5.74) is 1.88. The minimum Gasteiger partial charge on any atom is -0.497 e. The van der Waals surface area contributed by atoms with Gasteiger partial charge >= 0.3 is 0 Å². The van der Waals surface area contributed by atoms with Crippen LogP contribution in [0.5, 0.6) is 5.75 Å². The molecule has 1 heterocycles. The molecule has 0 saturated carbocycles. The maximum atomic E-state index is 11.8. The molecular formula is C17H17N3O2S. The minimum atomic E-state index is -0.287. The summed E-state index contributed by atoms with van der Waals surface area (Å²) in [6, 6.07) is 11.2. The van der Waals surface area contributed by atoms with Crippen molar-refractivity contribution >= 4 is 29.3 Å². The average molecular weight is 327 g/mol. The topological polar surface area (TPSA) is 63.2 Å². The number of hydrogen-bond donors (Lipinski definition) is 2. The maximum Gasteiger partial charge on any atom is 0.250 e. The van der Waals surface area contributed by atoms with Crippen LogP contribution in [-0.4, -0.2) is 23.1 Å². The van der Waals surface area contributed by atoms with Crippen molar-refractivity contribution in [1.29, 1.82) is 0 Å². The number of benzene rings is 1. The van der Waals surface area contributed by atoms with E-state index in [1.165, 1.54) is 6.08 Å². The molecule has 6 heteroatoms. The molecule has 0 aliphatic carbocycles. The van der Waals surface area contributed by atoms with Crippen LogP contribution in [0.3, 0.4) is 0 Å². The molecule has 5 nitrogen and oxygen atoms in total. The first-order chi connectivity index (χ1) is 11.2. The maximum absolute atomic E-state index is 11.8. The van der Waals surface area contributed by atoms with Crippen LogP contribution in [0.25, 0.3) is 6.08 Å². The Kier molecular flexibility index (Phi) is 6.26. The molecule has 2 rings (SSSR count). The summed E-state index contributed by atoms with van der Waals surface area (Å²) in [5, 5.41) is 5.82. The van der Waals surface area contributed by atoms with Gasteiger partial charge < -0.3 is 10.1 Å². The summed E-state index contributed by atoms with van der Waals surface area (Å²) in [4.78, 5) is 15.8. The number of nitrogens with one attached hydrogen (secondary N) is 2. The second-order valence-electron chi connectivity index (χ2n) is 4.64. The van der Waals surface area contributed by atoms with E-state index >= 15 is 0 Å². The summed E-state index contributed by atoms with van der Waals surface area (Å²) >= 11 is 5.08. The highest BCUT2D eigenvalue weighted by Crippen LogP contribution is 2.12. The molecule has 2 aromatic rings. The summed E-state index contributed by atoms with van der Waals surface area (Å²) in [6.07, 6.45) is 6.58. The Morgan fingerprint density at radius 3 is 2.74 bits per heavy atom. The van der Waals surface area contributed by atoms with Crippen LogP contribution < -0.4 is 15.4 Å². The van der Waals surface area contributed by atoms with Gasteiger partial charge in [0.2, 0.25) is 5.91 Å². The van der Waals surface area contributed by atoms with Gasteiger partial charge in [0.1, 0.15) is 5.75 Å². The number of nitrogens with zero attached hydrogens (tertiary/aromatic N) is 1. The molecule has 23 heavy (non-hydrogen) atoms. The van der Waals surface area contributed by atoms with Crippen LogP contribution in [0.4, 0.5) is 0 Å². The number of ether oxygens (including phenoxy) is 1. The third kappa shape index (κ3) is 5.88. The van der Waals surface area contributed by atoms with Gasteiger partial charge in [-0.05, 0) is 47.6 Å². The molecule has 1 amide bonds. The lowest BCUT2D eigenvalue weighted by molar-refractivity contribution is -0.115. The van der Waals surface area contributed by atoms with Crippen LogP contribution in [0, 0.1) is 0 Å². The van der Waals surface area contributed by atoms with Gasteiger partial charge in [-0.2, -0.15) is 0 Å². The van der Waals surface area contributed by atoms with E-state index in [2.05, 4.69) is 15.6 Å². The second kappa shape index (κ2) is 8.65. The number of aromatic nitrogens is 1. The molecule has 0 atom stereocenters. The molecular weight excluding hydrogens is 310 g/mol. The fourth-order valence-corrected chi connectivity index (χ4v) is 1.94. The van der Waals surface area contributed by atoms with Gasteiger partial charge in [0.15, 0.2) is 5.11 Å². The number of rotatable bonds is 5. The first-order valence-electron chi connectivity index (χ1n) is 6.97. The van der Waals surface area contributed by atoms with Gasteiger partial charge in [-0.25, -0.2) is 0 Å². The zero-order chi connectivity index (χ0) is 16.5. The van der Waals surface area contributed by atoms with Crippen molar-refractivity contribution in [2.45, 2.75) is 6.54 Å². The van der Waals surface area contributed by atoms with Gasteiger partial charge in [-0.1, -0.05) is 18.2 Å². The van der Waals surface area contributed by atoms with Gasteiger partial charge in [0.05, 0.1) is 7.11 Å². The number of hydrogen-bond acceptors (Lipinski definition) is 4. The highest BCUT2D eigenvalue weighted by molar-refractivity contribution is 7.80. The molecule has 2 N–H and O–H groups in total. The molecule has 0 radical (unpaired) electrons. The first-order valence-corrected chi connectivity index (χ1v) is 7.38. The third-order valence-electron chi connectivity index (χ3n) is 2.96. The summed E-state index contributed by atoms with van der Waals surface area (Å²) in [5.74, 6) is 0.483. The number of amides is 1. The highest BCUT2D eigenvalue weighted by atomic mass is 32.1. The van der Waals surface area contributed by atoms with Crippen molar-refractivity contribution in [2.24, 2.45) is 0 Å². The largest absolute Gasteiger partial charge is 0.497 e. The molecule has 0 fully saturated rings. The Hall–Kier alpha value is -2.73. The molecule has 0 aliphatic rings. The number of carbonyl (C=O) groups is 1. The smallest absolute Gasteiger partial charge is 0.250 e. The SMILES string of the molecule is COc1ccc(/C=C/C(=O)NC(=S)NCc2cccnc2)cc1. The summed E-state index contributed by atoms with van der Waals surface area (Å²) in [6.45, 7) is 0.509. The Labute approximate surface area is 140 Å². The number of carbonyl (C=O) groups excluding carboxylic acids is 1. The molecule has 0 bridgehead atoms. The minimum absolute atomic E-state index is 0.276. The monoisotopic (exact) mass is 327 g/mol. The Bertz CT molecular complexity index is 685. The van der Waals surface area contributed by atoms with Crippen LogP contribution in [-0.2, 0) is 11.3 Å². The number of methoxy groups -OCH3 is 1. The quantitative estimate of drug-likeness (QED) is 0.652. The van der Waals surface area contributed by atoms with Crippen molar-refractivity contribution in [3.8, 4) is 5.75 Å². The Balaban J connectivity index is 1.79. The number of pyridine rings is 1. The normalized spacial score (nSPS) is 10.3. The standard InChI is InChI=1S/C17H17N3O2S/c1-22-15-7-4-13(5-8-15)6-9-16(21)20-17(23)19-12-14-3-2-10-18-11-14/h2-11H,12H2,1H3,(H2,19,20,21,23)/b9-6+. The highest BCUT2D eigenvalue weighted by Gasteiger charge is 2.01. The molecule has 0 unspecified atom stereocenters. The van der Waals surface area contributed by atoms with E-state index in [1.54, 1.807) is 25.6 Å². The van der Waals surface area contributed by atoms with Gasteiger partial charge in [0, 0.05) is 25.0 Å². The van der Waals surface area contributed by atoms with Crippen molar-refractivity contribution < 1.29 is 9.53 Å². The van der Waals surface area contributed by atoms with Crippen molar-refractivity contribution in [3.05, 3.63) is 66.0 Å². The predicted octanol–water partition coefficient (Wildman–Crippen LogP) is 2.29. The van der Waals surface area contributed by atoms with E-state index in [4.69, 9.17) is 17.0 Å². The lowest BCUT2D eigenvalue weighted by Crippen LogP contribution is -2.37. The van der Waals surface area contributed by atoms with E-state index in [9.17, 15) is 4.79 Å². The molecule has 0 spiro atoms. The zero-order valence-corrected chi connectivity index (χ0v) is 13.5. The van der Waals surface area contributed by atoms with Crippen LogP contribution in [0.1, 0.15) is 11.1 Å². The molecule has 1 aromatic heterocycles. The summed E-state index contributed by atoms with van der Waals surface area (Å²) < 4.78 is 5.08. The third-order valence-corrected chi connectivity index (χ3v) is 3.20. The van der Waals surface area contributed by atoms with E-state index < -0.39 is 0 Å². The van der Waals surface area contributed by atoms with E-state index in [0.29, 0.717) is 6.54 Å². The van der Waals surface area contributed by atoms with Crippen LogP contribution in [0.15, 0.2) is 54.9 Å². The molecule has 0 aliphatic heterocycles. The second-order valence-corrected chi connectivity index (χ2v) is 5.05. The molecule has 0 saturated heterocycles. The van der Waals surface area contributed by atoms with Gasteiger partial charge in [-0.15, -0.1) is 0 Å². The fraction of sp³-hybridized carbons (Fsp3) is 0.118. The summed E-state index contributed by atoms with van der Waals surface area (Å²) in [7, 11) is 1.61.